The second-order valence-corrected chi connectivity index (χ2v) is 6.70. The second-order valence-electron chi connectivity index (χ2n) is 6.26. The van der Waals surface area contributed by atoms with Crippen LogP contribution in [0.15, 0.2) is 77.3 Å². The quantitative estimate of drug-likeness (QED) is 0.509. The Bertz CT molecular complexity index is 1110. The summed E-state index contributed by atoms with van der Waals surface area (Å²) < 4.78 is 10.9. The molecule has 140 valence electrons. The Morgan fingerprint density at radius 1 is 1.00 bits per heavy atom. The molecule has 0 bridgehead atoms. The van der Waals surface area contributed by atoms with Gasteiger partial charge >= 0.3 is 0 Å². The summed E-state index contributed by atoms with van der Waals surface area (Å²) in [4.78, 5) is 12.1. The van der Waals surface area contributed by atoms with Crippen molar-refractivity contribution in [3.8, 4) is 17.1 Å². The third-order valence-electron chi connectivity index (χ3n) is 4.25. The van der Waals surface area contributed by atoms with Crippen molar-refractivity contribution in [1.29, 1.82) is 0 Å². The van der Waals surface area contributed by atoms with E-state index in [1.54, 1.807) is 18.2 Å². The molecule has 0 unspecified atom stereocenters. The topological polar surface area (TPSA) is 64.4 Å². The number of hydrogen-bond acceptors (Lipinski definition) is 4. The van der Waals surface area contributed by atoms with E-state index in [9.17, 15) is 4.79 Å². The van der Waals surface area contributed by atoms with Gasteiger partial charge in [-0.05, 0) is 47.2 Å². The highest BCUT2D eigenvalue weighted by Gasteiger charge is 2.09. The van der Waals surface area contributed by atoms with Crippen LogP contribution >= 0.6 is 11.6 Å². The maximum atomic E-state index is 12.1. The lowest BCUT2D eigenvalue weighted by Gasteiger charge is -2.07. The van der Waals surface area contributed by atoms with E-state index in [1.165, 1.54) is 0 Å². The van der Waals surface area contributed by atoms with Crippen molar-refractivity contribution in [2.75, 3.05) is 6.61 Å². The SMILES string of the molecule is O=C(COc1ccc2ccccc2c1)NCc1cc(-c2ccc(Cl)cc2)on1. The van der Waals surface area contributed by atoms with Crippen LogP contribution in [-0.4, -0.2) is 17.7 Å². The third kappa shape index (κ3) is 4.32. The number of fused-ring (bicyclic) bond motifs is 1. The van der Waals surface area contributed by atoms with E-state index in [-0.39, 0.29) is 19.1 Å². The molecular weight excluding hydrogens is 376 g/mol. The van der Waals surface area contributed by atoms with Gasteiger partial charge in [-0.15, -0.1) is 0 Å². The number of ether oxygens (including phenoxy) is 1. The Hall–Kier alpha value is -3.31. The molecule has 4 aromatic rings. The van der Waals surface area contributed by atoms with Crippen LogP contribution in [0.1, 0.15) is 5.69 Å². The van der Waals surface area contributed by atoms with Gasteiger partial charge in [0.15, 0.2) is 12.4 Å². The number of aromatic nitrogens is 1. The van der Waals surface area contributed by atoms with Gasteiger partial charge in [0, 0.05) is 16.7 Å². The molecule has 4 rings (SSSR count). The van der Waals surface area contributed by atoms with Crippen LogP contribution in [0, 0.1) is 0 Å². The number of carbonyl (C=O) groups excluding carboxylic acids is 1. The van der Waals surface area contributed by atoms with Gasteiger partial charge in [-0.1, -0.05) is 47.1 Å². The second kappa shape index (κ2) is 8.15. The predicted octanol–water partition coefficient (Wildman–Crippen LogP) is 4.84. The molecule has 3 aromatic carbocycles. The molecule has 0 saturated heterocycles. The molecule has 0 atom stereocenters. The summed E-state index contributed by atoms with van der Waals surface area (Å²) in [7, 11) is 0. The summed E-state index contributed by atoms with van der Waals surface area (Å²) in [5, 5.41) is 9.60. The lowest BCUT2D eigenvalue weighted by molar-refractivity contribution is -0.123. The third-order valence-corrected chi connectivity index (χ3v) is 4.50. The van der Waals surface area contributed by atoms with Gasteiger partial charge in [0.1, 0.15) is 11.4 Å². The minimum Gasteiger partial charge on any atom is -0.484 e. The zero-order valence-corrected chi connectivity index (χ0v) is 15.6. The van der Waals surface area contributed by atoms with Gasteiger partial charge < -0.3 is 14.6 Å². The van der Waals surface area contributed by atoms with Crippen molar-refractivity contribution < 1.29 is 14.1 Å². The van der Waals surface area contributed by atoms with E-state index in [0.717, 1.165) is 16.3 Å². The number of halogens is 1. The Kier molecular flexibility index (Phi) is 5.26. The lowest BCUT2D eigenvalue weighted by Crippen LogP contribution is -2.28. The van der Waals surface area contributed by atoms with E-state index in [4.69, 9.17) is 20.9 Å². The van der Waals surface area contributed by atoms with Crippen LogP contribution < -0.4 is 10.1 Å². The van der Waals surface area contributed by atoms with Gasteiger partial charge in [0.05, 0.1) is 6.54 Å². The smallest absolute Gasteiger partial charge is 0.258 e. The molecular formula is C22H17ClN2O3. The minimum absolute atomic E-state index is 0.0692. The maximum Gasteiger partial charge on any atom is 0.258 e. The van der Waals surface area contributed by atoms with E-state index in [2.05, 4.69) is 10.5 Å². The van der Waals surface area contributed by atoms with Crippen molar-refractivity contribution >= 4 is 28.3 Å². The molecule has 1 amide bonds. The van der Waals surface area contributed by atoms with Gasteiger partial charge in [-0.3, -0.25) is 4.79 Å². The highest BCUT2D eigenvalue weighted by molar-refractivity contribution is 6.30. The zero-order valence-electron chi connectivity index (χ0n) is 14.9. The largest absolute Gasteiger partial charge is 0.484 e. The summed E-state index contributed by atoms with van der Waals surface area (Å²) in [6.45, 7) is 0.192. The molecule has 0 spiro atoms. The van der Waals surface area contributed by atoms with Crippen LogP contribution in [0.25, 0.3) is 22.1 Å². The van der Waals surface area contributed by atoms with Crippen LogP contribution in [0.5, 0.6) is 5.75 Å². The number of benzene rings is 3. The Balaban J connectivity index is 1.30. The standard InChI is InChI=1S/C22H17ClN2O3/c23-18-8-5-16(6-9-18)21-12-19(25-28-21)13-24-22(26)14-27-20-10-7-15-3-1-2-4-17(15)11-20/h1-12H,13-14H2,(H,24,26). The molecule has 1 heterocycles. The number of nitrogens with one attached hydrogen (secondary N) is 1. The summed E-state index contributed by atoms with van der Waals surface area (Å²) in [5.74, 6) is 1.04. The highest BCUT2D eigenvalue weighted by Crippen LogP contribution is 2.22. The van der Waals surface area contributed by atoms with E-state index >= 15 is 0 Å². The van der Waals surface area contributed by atoms with Gasteiger partial charge in [-0.2, -0.15) is 0 Å². The average Bonchev–Trinajstić information content (AvgIpc) is 3.20. The Morgan fingerprint density at radius 3 is 2.61 bits per heavy atom. The number of hydrogen-bond donors (Lipinski definition) is 1. The Morgan fingerprint density at radius 2 is 1.79 bits per heavy atom. The molecule has 0 aliphatic carbocycles. The monoisotopic (exact) mass is 392 g/mol. The first kappa shape index (κ1) is 18.1. The molecule has 0 saturated carbocycles. The van der Waals surface area contributed by atoms with Crippen molar-refractivity contribution in [2.24, 2.45) is 0 Å². The minimum atomic E-state index is -0.232. The van der Waals surface area contributed by atoms with Crippen LogP contribution in [-0.2, 0) is 11.3 Å². The van der Waals surface area contributed by atoms with Crippen molar-refractivity contribution in [1.82, 2.24) is 10.5 Å². The average molecular weight is 393 g/mol. The first-order chi connectivity index (χ1) is 13.7. The molecule has 28 heavy (non-hydrogen) atoms. The number of nitrogens with zero attached hydrogens (tertiary/aromatic N) is 1. The summed E-state index contributed by atoms with van der Waals surface area (Å²) in [6, 6.07) is 22.8. The molecule has 1 aromatic heterocycles. The summed E-state index contributed by atoms with van der Waals surface area (Å²) in [5.41, 5.74) is 1.50. The summed E-state index contributed by atoms with van der Waals surface area (Å²) >= 11 is 5.89. The normalized spacial score (nSPS) is 10.8. The Labute approximate surface area is 166 Å². The molecule has 5 nitrogen and oxygen atoms in total. The first-order valence-corrected chi connectivity index (χ1v) is 9.15. The molecule has 0 fully saturated rings. The number of amides is 1. The molecule has 0 aliphatic heterocycles. The molecule has 6 heteroatoms. The fourth-order valence-corrected chi connectivity index (χ4v) is 2.92. The molecule has 0 aliphatic rings. The summed E-state index contributed by atoms with van der Waals surface area (Å²) in [6.07, 6.45) is 0. The van der Waals surface area contributed by atoms with Crippen LogP contribution in [0.3, 0.4) is 0 Å². The van der Waals surface area contributed by atoms with E-state index in [1.807, 2.05) is 54.6 Å². The maximum absolute atomic E-state index is 12.1. The first-order valence-electron chi connectivity index (χ1n) is 8.77. The highest BCUT2D eigenvalue weighted by atomic mass is 35.5. The molecule has 1 N–H and O–H groups in total. The fourth-order valence-electron chi connectivity index (χ4n) is 2.79. The van der Waals surface area contributed by atoms with Crippen LogP contribution in [0.4, 0.5) is 0 Å². The number of rotatable bonds is 6. The fraction of sp³-hybridized carbons (Fsp3) is 0.0909. The van der Waals surface area contributed by atoms with Crippen LogP contribution in [0.2, 0.25) is 5.02 Å². The van der Waals surface area contributed by atoms with Gasteiger partial charge in [-0.25, -0.2) is 0 Å². The van der Waals surface area contributed by atoms with Crippen molar-refractivity contribution in [2.45, 2.75) is 6.54 Å². The number of carbonyl (C=O) groups is 1. The van der Waals surface area contributed by atoms with E-state index < -0.39 is 0 Å². The molecule has 0 radical (unpaired) electrons. The predicted molar refractivity (Wildman–Crippen MR) is 108 cm³/mol. The lowest BCUT2D eigenvalue weighted by atomic mass is 10.1. The zero-order chi connectivity index (χ0) is 19.3. The van der Waals surface area contributed by atoms with Crippen molar-refractivity contribution in [3.05, 3.63) is 83.5 Å². The van der Waals surface area contributed by atoms with Gasteiger partial charge in [0.2, 0.25) is 0 Å². The van der Waals surface area contributed by atoms with Crippen molar-refractivity contribution in [3.63, 3.8) is 0 Å². The van der Waals surface area contributed by atoms with Gasteiger partial charge in [0.25, 0.3) is 5.91 Å². The van der Waals surface area contributed by atoms with E-state index in [0.29, 0.717) is 22.2 Å².